The topological polar surface area (TPSA) is 59.0 Å². The Hall–Kier alpha value is -2.30. The molecule has 0 fully saturated rings. The third-order valence-corrected chi connectivity index (χ3v) is 2.82. The van der Waals surface area contributed by atoms with Crippen molar-refractivity contribution in [1.29, 1.82) is 0 Å². The lowest BCUT2D eigenvalue weighted by Crippen LogP contribution is -2.21. The monoisotopic (exact) mass is 256 g/mol. The first-order chi connectivity index (χ1) is 9.16. The van der Waals surface area contributed by atoms with Crippen molar-refractivity contribution in [3.63, 3.8) is 0 Å². The maximum Gasteiger partial charge on any atom is 0.151 e. The molecule has 0 atom stereocenters. The minimum absolute atomic E-state index is 0.174. The van der Waals surface area contributed by atoms with E-state index in [-0.39, 0.29) is 5.78 Å². The van der Waals surface area contributed by atoms with Gasteiger partial charge in [0.25, 0.3) is 0 Å². The maximum atomic E-state index is 11.0. The third-order valence-electron chi connectivity index (χ3n) is 2.82. The molecule has 5 heteroatoms. The SMILES string of the molecule is CC(=O)CCN(C)c1ccc(-c2ccncc2)nn1. The van der Waals surface area contributed by atoms with Crippen LogP contribution in [0.5, 0.6) is 0 Å². The second-order valence-corrected chi connectivity index (χ2v) is 4.39. The van der Waals surface area contributed by atoms with Crippen LogP contribution in [0.1, 0.15) is 13.3 Å². The van der Waals surface area contributed by atoms with E-state index in [1.54, 1.807) is 19.3 Å². The van der Waals surface area contributed by atoms with Crippen molar-refractivity contribution < 1.29 is 4.79 Å². The second kappa shape index (κ2) is 6.04. The molecular formula is C14H16N4O. The number of ketones is 1. The summed E-state index contributed by atoms with van der Waals surface area (Å²) in [5, 5.41) is 8.37. The van der Waals surface area contributed by atoms with E-state index in [2.05, 4.69) is 15.2 Å². The number of carbonyl (C=O) groups is 1. The second-order valence-electron chi connectivity index (χ2n) is 4.39. The van der Waals surface area contributed by atoms with Gasteiger partial charge in [-0.2, -0.15) is 0 Å². The average molecular weight is 256 g/mol. The van der Waals surface area contributed by atoms with Crippen molar-refractivity contribution in [2.45, 2.75) is 13.3 Å². The molecule has 5 nitrogen and oxygen atoms in total. The lowest BCUT2D eigenvalue weighted by molar-refractivity contribution is -0.116. The molecular weight excluding hydrogens is 240 g/mol. The molecule has 2 rings (SSSR count). The Morgan fingerprint density at radius 3 is 2.47 bits per heavy atom. The summed E-state index contributed by atoms with van der Waals surface area (Å²) in [7, 11) is 1.90. The number of rotatable bonds is 5. The van der Waals surface area contributed by atoms with Crippen LogP contribution in [0.3, 0.4) is 0 Å². The summed E-state index contributed by atoms with van der Waals surface area (Å²) >= 11 is 0. The number of nitrogens with zero attached hydrogens (tertiary/aromatic N) is 4. The standard InChI is InChI=1S/C14H16N4O/c1-11(19)7-10-18(2)14-4-3-13(16-17-14)12-5-8-15-9-6-12/h3-6,8-9H,7,10H2,1-2H3. The van der Waals surface area contributed by atoms with E-state index in [1.807, 2.05) is 36.2 Å². The molecule has 2 heterocycles. The Balaban J connectivity index is 2.08. The quantitative estimate of drug-likeness (QED) is 0.818. The van der Waals surface area contributed by atoms with Crippen LogP contribution in [0.15, 0.2) is 36.7 Å². The highest BCUT2D eigenvalue weighted by Gasteiger charge is 2.05. The summed E-state index contributed by atoms with van der Waals surface area (Å²) in [4.78, 5) is 16.8. The maximum absolute atomic E-state index is 11.0. The van der Waals surface area contributed by atoms with Gasteiger partial charge in [0.05, 0.1) is 5.69 Å². The van der Waals surface area contributed by atoms with Gasteiger partial charge in [0.2, 0.25) is 0 Å². The van der Waals surface area contributed by atoms with Crippen LogP contribution in [0.25, 0.3) is 11.3 Å². The molecule has 0 aromatic carbocycles. The highest BCUT2D eigenvalue weighted by atomic mass is 16.1. The van der Waals surface area contributed by atoms with E-state index in [0.29, 0.717) is 13.0 Å². The average Bonchev–Trinajstić information content (AvgIpc) is 2.46. The summed E-state index contributed by atoms with van der Waals surface area (Å²) in [6, 6.07) is 7.61. The van der Waals surface area contributed by atoms with Crippen molar-refractivity contribution in [3.8, 4) is 11.3 Å². The molecule has 0 aliphatic heterocycles. The van der Waals surface area contributed by atoms with E-state index >= 15 is 0 Å². The van der Waals surface area contributed by atoms with Gasteiger partial charge in [-0.25, -0.2) is 0 Å². The third kappa shape index (κ3) is 3.58. The Morgan fingerprint density at radius 1 is 1.16 bits per heavy atom. The Morgan fingerprint density at radius 2 is 1.89 bits per heavy atom. The molecule has 0 saturated heterocycles. The number of aromatic nitrogens is 3. The van der Waals surface area contributed by atoms with Gasteiger partial charge in [0.15, 0.2) is 5.82 Å². The van der Waals surface area contributed by atoms with Gasteiger partial charge < -0.3 is 4.90 Å². The molecule has 0 amide bonds. The first kappa shape index (κ1) is 13.1. The fourth-order valence-electron chi connectivity index (χ4n) is 1.65. The number of Topliss-reactive ketones (excluding diaryl/α,β-unsaturated/α-hetero) is 1. The van der Waals surface area contributed by atoms with E-state index in [1.165, 1.54) is 0 Å². The van der Waals surface area contributed by atoms with Crippen LogP contribution in [0.2, 0.25) is 0 Å². The molecule has 0 N–H and O–H groups in total. The molecule has 0 saturated carbocycles. The smallest absolute Gasteiger partial charge is 0.151 e. The molecule has 98 valence electrons. The van der Waals surface area contributed by atoms with Gasteiger partial charge in [0.1, 0.15) is 5.78 Å². The van der Waals surface area contributed by atoms with E-state index in [0.717, 1.165) is 17.1 Å². The molecule has 0 spiro atoms. The first-order valence-electron chi connectivity index (χ1n) is 6.11. The van der Waals surface area contributed by atoms with Gasteiger partial charge in [-0.3, -0.25) is 9.78 Å². The van der Waals surface area contributed by atoms with E-state index < -0.39 is 0 Å². The van der Waals surface area contributed by atoms with Crippen molar-refractivity contribution in [3.05, 3.63) is 36.7 Å². The number of hydrogen-bond acceptors (Lipinski definition) is 5. The number of hydrogen-bond donors (Lipinski definition) is 0. The van der Waals surface area contributed by atoms with Crippen LogP contribution in [0.4, 0.5) is 5.82 Å². The van der Waals surface area contributed by atoms with Crippen LogP contribution in [-0.2, 0) is 4.79 Å². The van der Waals surface area contributed by atoms with E-state index in [9.17, 15) is 4.79 Å². The van der Waals surface area contributed by atoms with Crippen molar-refractivity contribution >= 4 is 11.6 Å². The fraction of sp³-hybridized carbons (Fsp3) is 0.286. The Kier molecular flexibility index (Phi) is 4.18. The Labute approximate surface area is 112 Å². The molecule has 0 unspecified atom stereocenters. The number of pyridine rings is 1. The van der Waals surface area contributed by atoms with Gasteiger partial charge in [-0.1, -0.05) is 0 Å². The summed E-state index contributed by atoms with van der Waals surface area (Å²) in [5.74, 6) is 0.937. The van der Waals surface area contributed by atoms with Crippen LogP contribution in [-0.4, -0.2) is 34.6 Å². The number of anilines is 1. The summed E-state index contributed by atoms with van der Waals surface area (Å²) in [6.07, 6.45) is 3.97. The fourth-order valence-corrected chi connectivity index (χ4v) is 1.65. The number of carbonyl (C=O) groups excluding carboxylic acids is 1. The van der Waals surface area contributed by atoms with Crippen LogP contribution < -0.4 is 4.90 Å². The molecule has 0 aliphatic carbocycles. The van der Waals surface area contributed by atoms with Gasteiger partial charge in [0, 0.05) is 38.0 Å². The summed E-state index contributed by atoms with van der Waals surface area (Å²) < 4.78 is 0. The predicted molar refractivity (Wildman–Crippen MR) is 73.8 cm³/mol. The zero-order chi connectivity index (χ0) is 13.7. The largest absolute Gasteiger partial charge is 0.358 e. The lowest BCUT2D eigenvalue weighted by Gasteiger charge is -2.16. The Bertz CT molecular complexity index is 539. The van der Waals surface area contributed by atoms with Crippen molar-refractivity contribution in [2.75, 3.05) is 18.5 Å². The predicted octanol–water partition coefficient (Wildman–Crippen LogP) is 1.95. The van der Waals surface area contributed by atoms with E-state index in [4.69, 9.17) is 0 Å². The highest BCUT2D eigenvalue weighted by Crippen LogP contribution is 2.16. The molecule has 0 aliphatic rings. The summed E-state index contributed by atoms with van der Waals surface area (Å²) in [6.45, 7) is 2.24. The minimum atomic E-state index is 0.174. The molecule has 2 aromatic heterocycles. The van der Waals surface area contributed by atoms with Crippen LogP contribution in [0, 0.1) is 0 Å². The molecule has 0 radical (unpaired) electrons. The molecule has 0 bridgehead atoms. The first-order valence-corrected chi connectivity index (χ1v) is 6.11. The minimum Gasteiger partial charge on any atom is -0.358 e. The highest BCUT2D eigenvalue weighted by molar-refractivity contribution is 5.76. The van der Waals surface area contributed by atoms with Crippen molar-refractivity contribution in [2.24, 2.45) is 0 Å². The van der Waals surface area contributed by atoms with Crippen LogP contribution >= 0.6 is 0 Å². The lowest BCUT2D eigenvalue weighted by atomic mass is 10.2. The molecule has 2 aromatic rings. The zero-order valence-electron chi connectivity index (χ0n) is 11.1. The molecule has 19 heavy (non-hydrogen) atoms. The summed E-state index contributed by atoms with van der Waals surface area (Å²) in [5.41, 5.74) is 1.80. The van der Waals surface area contributed by atoms with Gasteiger partial charge in [-0.15, -0.1) is 10.2 Å². The van der Waals surface area contributed by atoms with Gasteiger partial charge >= 0.3 is 0 Å². The zero-order valence-corrected chi connectivity index (χ0v) is 11.1. The normalized spacial score (nSPS) is 10.2. The van der Waals surface area contributed by atoms with Gasteiger partial charge in [-0.05, 0) is 31.2 Å². The van der Waals surface area contributed by atoms with Crippen molar-refractivity contribution in [1.82, 2.24) is 15.2 Å².